The lowest BCUT2D eigenvalue weighted by atomic mass is 9.79. The second-order valence-electron chi connectivity index (χ2n) is 7.09. The number of piperidine rings is 1. The standard InChI is InChI=1S/C20H21FN2O4/c21-15-6-7-22-18(8-15)20(25)9-16-12-26-13-17(10-20)23(16)19(24)27-11-14-4-2-1-3-5-14/h1-8,16-17,25H,9-13H2. The highest BCUT2D eigenvalue weighted by Crippen LogP contribution is 2.40. The van der Waals surface area contributed by atoms with Crippen LogP contribution in [0.5, 0.6) is 0 Å². The third-order valence-corrected chi connectivity index (χ3v) is 5.17. The molecule has 2 unspecified atom stereocenters. The zero-order valence-corrected chi connectivity index (χ0v) is 14.8. The van der Waals surface area contributed by atoms with Gasteiger partial charge in [-0.05, 0) is 17.7 Å². The first-order valence-corrected chi connectivity index (χ1v) is 8.96. The van der Waals surface area contributed by atoms with Gasteiger partial charge in [0.1, 0.15) is 18.0 Å². The van der Waals surface area contributed by atoms with Crippen molar-refractivity contribution in [3.63, 3.8) is 0 Å². The number of morpholine rings is 1. The van der Waals surface area contributed by atoms with E-state index in [9.17, 15) is 14.3 Å². The molecule has 1 aromatic heterocycles. The SMILES string of the molecule is O=C(OCc1ccccc1)N1C2COCC1CC(O)(c1cc(F)ccn1)C2. The van der Waals surface area contributed by atoms with Crippen LogP contribution in [0.25, 0.3) is 0 Å². The number of benzene rings is 1. The van der Waals surface area contributed by atoms with Crippen LogP contribution in [0.1, 0.15) is 24.1 Å². The normalized spacial score (nSPS) is 27.3. The predicted molar refractivity (Wildman–Crippen MR) is 94.2 cm³/mol. The molecule has 2 aromatic rings. The van der Waals surface area contributed by atoms with E-state index in [1.807, 2.05) is 30.3 Å². The molecule has 0 radical (unpaired) electrons. The third kappa shape index (κ3) is 3.65. The molecule has 2 aliphatic rings. The van der Waals surface area contributed by atoms with Crippen molar-refractivity contribution in [1.82, 2.24) is 9.88 Å². The maximum absolute atomic E-state index is 13.6. The number of rotatable bonds is 3. The van der Waals surface area contributed by atoms with Gasteiger partial charge in [0.2, 0.25) is 0 Å². The van der Waals surface area contributed by atoms with Gasteiger partial charge in [-0.15, -0.1) is 0 Å². The Hall–Kier alpha value is -2.51. The van der Waals surface area contributed by atoms with Crippen molar-refractivity contribution in [1.29, 1.82) is 0 Å². The average molecular weight is 372 g/mol. The highest BCUT2D eigenvalue weighted by Gasteiger charge is 2.50. The molecule has 2 aliphatic heterocycles. The molecule has 27 heavy (non-hydrogen) atoms. The van der Waals surface area contributed by atoms with Crippen molar-refractivity contribution in [3.05, 3.63) is 65.7 Å². The number of amides is 1. The molecule has 4 rings (SSSR count). The van der Waals surface area contributed by atoms with Crippen LogP contribution in [0.4, 0.5) is 9.18 Å². The average Bonchev–Trinajstić information content (AvgIpc) is 2.66. The highest BCUT2D eigenvalue weighted by atomic mass is 19.1. The van der Waals surface area contributed by atoms with Crippen molar-refractivity contribution in [2.75, 3.05) is 13.2 Å². The molecule has 0 spiro atoms. The Morgan fingerprint density at radius 1 is 1.26 bits per heavy atom. The fraction of sp³-hybridized carbons (Fsp3) is 0.400. The molecular weight excluding hydrogens is 351 g/mol. The summed E-state index contributed by atoms with van der Waals surface area (Å²) in [7, 11) is 0. The molecule has 142 valence electrons. The van der Waals surface area contributed by atoms with Crippen LogP contribution in [-0.2, 0) is 21.7 Å². The maximum Gasteiger partial charge on any atom is 0.410 e. The second kappa shape index (κ2) is 7.25. The lowest BCUT2D eigenvalue weighted by molar-refractivity contribution is -0.138. The van der Waals surface area contributed by atoms with E-state index in [4.69, 9.17) is 9.47 Å². The fourth-order valence-corrected chi connectivity index (χ4v) is 3.94. The van der Waals surface area contributed by atoms with Crippen molar-refractivity contribution >= 4 is 6.09 Å². The number of carbonyl (C=O) groups excluding carboxylic acids is 1. The molecule has 1 N–H and O–H groups in total. The molecular formula is C20H21FN2O4. The van der Waals surface area contributed by atoms with Gasteiger partial charge in [-0.1, -0.05) is 30.3 Å². The Balaban J connectivity index is 1.49. The van der Waals surface area contributed by atoms with Crippen molar-refractivity contribution in [2.45, 2.75) is 37.1 Å². The van der Waals surface area contributed by atoms with Gasteiger partial charge in [0, 0.05) is 19.0 Å². The summed E-state index contributed by atoms with van der Waals surface area (Å²) in [4.78, 5) is 18.5. The predicted octanol–water partition coefficient (Wildman–Crippen LogP) is 2.61. The zero-order valence-electron chi connectivity index (χ0n) is 14.8. The molecule has 1 aromatic carbocycles. The maximum atomic E-state index is 13.6. The number of ether oxygens (including phenoxy) is 2. The van der Waals surface area contributed by atoms with E-state index in [0.717, 1.165) is 5.56 Å². The first-order valence-electron chi connectivity index (χ1n) is 8.96. The van der Waals surface area contributed by atoms with E-state index < -0.39 is 17.5 Å². The number of halogens is 1. The van der Waals surface area contributed by atoms with Crippen molar-refractivity contribution < 1.29 is 23.8 Å². The van der Waals surface area contributed by atoms with Gasteiger partial charge in [-0.3, -0.25) is 9.88 Å². The van der Waals surface area contributed by atoms with E-state index in [1.54, 1.807) is 4.90 Å². The first kappa shape index (κ1) is 17.9. The minimum atomic E-state index is -1.29. The molecule has 0 aliphatic carbocycles. The van der Waals surface area contributed by atoms with E-state index >= 15 is 0 Å². The van der Waals surface area contributed by atoms with Gasteiger partial charge in [0.05, 0.1) is 31.0 Å². The van der Waals surface area contributed by atoms with Crippen LogP contribution in [0.3, 0.4) is 0 Å². The largest absolute Gasteiger partial charge is 0.445 e. The Labute approximate surface area is 156 Å². The lowest BCUT2D eigenvalue weighted by Crippen LogP contribution is -2.62. The summed E-state index contributed by atoms with van der Waals surface area (Å²) >= 11 is 0. The molecule has 2 atom stereocenters. The van der Waals surface area contributed by atoms with Crippen LogP contribution >= 0.6 is 0 Å². The quantitative estimate of drug-likeness (QED) is 0.897. The van der Waals surface area contributed by atoms with Gasteiger partial charge in [0.25, 0.3) is 0 Å². The van der Waals surface area contributed by atoms with E-state index in [0.29, 0.717) is 13.2 Å². The second-order valence-corrected chi connectivity index (χ2v) is 7.09. The number of aromatic nitrogens is 1. The number of aliphatic hydroxyl groups is 1. The molecule has 3 heterocycles. The zero-order chi connectivity index (χ0) is 18.9. The molecule has 7 heteroatoms. The smallest absolute Gasteiger partial charge is 0.410 e. The van der Waals surface area contributed by atoms with Gasteiger partial charge in [-0.2, -0.15) is 0 Å². The summed E-state index contributed by atoms with van der Waals surface area (Å²) < 4.78 is 24.6. The number of pyridine rings is 1. The summed E-state index contributed by atoms with van der Waals surface area (Å²) in [6.45, 7) is 0.787. The highest BCUT2D eigenvalue weighted by molar-refractivity contribution is 5.69. The number of nitrogens with zero attached hydrogens (tertiary/aromatic N) is 2. The molecule has 2 fully saturated rings. The number of carbonyl (C=O) groups is 1. The first-order chi connectivity index (χ1) is 13.0. The van der Waals surface area contributed by atoms with Crippen LogP contribution in [-0.4, -0.2) is 46.4 Å². The molecule has 0 saturated carbocycles. The van der Waals surface area contributed by atoms with E-state index in [-0.39, 0.29) is 37.2 Å². The molecule has 6 nitrogen and oxygen atoms in total. The minimum Gasteiger partial charge on any atom is -0.445 e. The van der Waals surface area contributed by atoms with Gasteiger partial charge in [-0.25, -0.2) is 9.18 Å². The van der Waals surface area contributed by atoms with Gasteiger partial charge >= 0.3 is 6.09 Å². The monoisotopic (exact) mass is 372 g/mol. The van der Waals surface area contributed by atoms with Gasteiger partial charge in [0.15, 0.2) is 0 Å². The van der Waals surface area contributed by atoms with Crippen LogP contribution in [0.2, 0.25) is 0 Å². The minimum absolute atomic E-state index is 0.187. The summed E-state index contributed by atoms with van der Waals surface area (Å²) in [5.74, 6) is -0.445. The van der Waals surface area contributed by atoms with Gasteiger partial charge < -0.3 is 14.6 Å². The van der Waals surface area contributed by atoms with E-state index in [2.05, 4.69) is 4.98 Å². The Morgan fingerprint density at radius 2 is 1.96 bits per heavy atom. The number of hydrogen-bond donors (Lipinski definition) is 1. The molecule has 1 amide bonds. The number of hydrogen-bond acceptors (Lipinski definition) is 5. The Morgan fingerprint density at radius 3 is 2.63 bits per heavy atom. The van der Waals surface area contributed by atoms with E-state index in [1.165, 1.54) is 18.3 Å². The van der Waals surface area contributed by atoms with Crippen LogP contribution < -0.4 is 0 Å². The summed E-state index contributed by atoms with van der Waals surface area (Å²) in [5, 5.41) is 11.1. The van der Waals surface area contributed by atoms with Crippen molar-refractivity contribution in [3.8, 4) is 0 Å². The summed E-state index contributed by atoms with van der Waals surface area (Å²) in [6, 6.07) is 11.2. The summed E-state index contributed by atoms with van der Waals surface area (Å²) in [5.41, 5.74) is -0.0984. The molecule has 2 saturated heterocycles. The molecule has 2 bridgehead atoms. The fourth-order valence-electron chi connectivity index (χ4n) is 3.94. The topological polar surface area (TPSA) is 71.9 Å². The lowest BCUT2D eigenvalue weighted by Gasteiger charge is -2.50. The Bertz CT molecular complexity index is 803. The van der Waals surface area contributed by atoms with Crippen LogP contribution in [0, 0.1) is 5.82 Å². The van der Waals surface area contributed by atoms with Crippen molar-refractivity contribution in [2.24, 2.45) is 0 Å². The Kier molecular flexibility index (Phi) is 4.80. The third-order valence-electron chi connectivity index (χ3n) is 5.17. The van der Waals surface area contributed by atoms with Crippen LogP contribution in [0.15, 0.2) is 48.7 Å². The summed E-state index contributed by atoms with van der Waals surface area (Å²) in [6.07, 6.45) is 1.36. The number of fused-ring (bicyclic) bond motifs is 2.